The molecule has 0 aliphatic carbocycles. The summed E-state index contributed by atoms with van der Waals surface area (Å²) in [6.07, 6.45) is -8.32. The zero-order valence-electron chi connectivity index (χ0n) is 27.3. The average Bonchev–Trinajstić information content (AvgIpc) is 3.39. The van der Waals surface area contributed by atoms with E-state index < -0.39 is 24.3 Å². The van der Waals surface area contributed by atoms with Gasteiger partial charge < -0.3 is 35.8 Å². The fourth-order valence-corrected chi connectivity index (χ4v) is 4.78. The van der Waals surface area contributed by atoms with E-state index >= 15 is 0 Å². The molecule has 3 aromatic rings. The summed E-state index contributed by atoms with van der Waals surface area (Å²) in [5, 5.41) is 30.7. The summed E-state index contributed by atoms with van der Waals surface area (Å²) in [7, 11) is 0. The van der Waals surface area contributed by atoms with Crippen molar-refractivity contribution in [2.45, 2.75) is 52.4 Å². The molecule has 280 valence electrons. The predicted octanol–water partition coefficient (Wildman–Crippen LogP) is 4.93. The minimum atomic E-state index is -5.08. The number of carboxylic acid groups (broad SMARTS) is 2. The van der Waals surface area contributed by atoms with Gasteiger partial charge in [0, 0.05) is 39.1 Å². The molecule has 0 aliphatic heterocycles. The number of carboxylic acids is 2. The van der Waals surface area contributed by atoms with Crippen LogP contribution in [0.3, 0.4) is 0 Å². The van der Waals surface area contributed by atoms with Crippen LogP contribution in [-0.4, -0.2) is 94.7 Å². The molecule has 0 radical (unpaired) electrons. The number of aromatic hydroxyl groups is 1. The van der Waals surface area contributed by atoms with E-state index in [0.29, 0.717) is 31.4 Å². The van der Waals surface area contributed by atoms with Crippen molar-refractivity contribution in [3.05, 3.63) is 63.0 Å². The van der Waals surface area contributed by atoms with Gasteiger partial charge in [-0.15, -0.1) is 0 Å². The van der Waals surface area contributed by atoms with E-state index in [2.05, 4.69) is 41.3 Å². The number of aliphatic carboxylic acids is 2. The number of thiazole rings is 1. The summed E-state index contributed by atoms with van der Waals surface area (Å²) in [6, 6.07) is 10.1. The van der Waals surface area contributed by atoms with Crippen LogP contribution in [0, 0.1) is 11.2 Å². The monoisotopic (exact) mass is 744 g/mol. The van der Waals surface area contributed by atoms with Crippen molar-refractivity contribution in [1.82, 2.24) is 20.5 Å². The van der Waals surface area contributed by atoms with Crippen LogP contribution < -0.4 is 15.5 Å². The maximum atomic E-state index is 13.6. The number of carbonyl (C=O) groups is 3. The minimum Gasteiger partial charge on any atom is -0.506 e. The Labute approximate surface area is 286 Å². The molecule has 50 heavy (non-hydrogen) atoms. The SMILES string of the molecule is CC(C)(C)CNC(=O)CCN(CCNCCc1ccc(O)c2[nH]c(=O)sc12)CCc1cccc(F)c1.O=C(O)C(F)(F)F.O=C(O)C(F)(F)F. The predicted molar refractivity (Wildman–Crippen MR) is 172 cm³/mol. The lowest BCUT2D eigenvalue weighted by molar-refractivity contribution is -0.193. The summed E-state index contributed by atoms with van der Waals surface area (Å²) < 4.78 is 77.8. The smallest absolute Gasteiger partial charge is 0.490 e. The van der Waals surface area contributed by atoms with E-state index in [-0.39, 0.29) is 27.8 Å². The van der Waals surface area contributed by atoms with Crippen molar-refractivity contribution in [1.29, 1.82) is 0 Å². The van der Waals surface area contributed by atoms with Crippen LogP contribution in [0.15, 0.2) is 41.2 Å². The molecule has 0 atom stereocenters. The van der Waals surface area contributed by atoms with Gasteiger partial charge in [-0.25, -0.2) is 14.0 Å². The van der Waals surface area contributed by atoms with Crippen molar-refractivity contribution in [2.75, 3.05) is 39.3 Å². The highest BCUT2D eigenvalue weighted by molar-refractivity contribution is 7.16. The first-order valence-electron chi connectivity index (χ1n) is 14.9. The number of amides is 1. The Hall–Kier alpha value is -4.23. The van der Waals surface area contributed by atoms with Gasteiger partial charge >= 0.3 is 29.2 Å². The maximum Gasteiger partial charge on any atom is 0.490 e. The third-order valence-corrected chi connectivity index (χ3v) is 7.33. The Morgan fingerprint density at radius 2 is 1.48 bits per heavy atom. The standard InChI is InChI=1S/C27H37FN4O3S.2C2HF3O2/c1-27(2,3)18-30-23(34)11-15-32(14-10-19-5-4-6-21(28)17-19)16-13-29-12-9-20-7-8-22(33)24-25(20)36-26(35)31-24;2*3-2(4,5)1(6)7/h4-8,17,29,33H,9-16,18H2,1-3H3,(H,30,34)(H,31,35);2*(H,6,7). The lowest BCUT2D eigenvalue weighted by Crippen LogP contribution is -2.38. The van der Waals surface area contributed by atoms with Crippen LogP contribution in [0.5, 0.6) is 5.75 Å². The number of fused-ring (bicyclic) bond motifs is 1. The number of nitrogens with one attached hydrogen (secondary N) is 3. The third-order valence-electron chi connectivity index (χ3n) is 6.38. The van der Waals surface area contributed by atoms with Gasteiger partial charge in [0.2, 0.25) is 5.91 Å². The highest BCUT2D eigenvalue weighted by Gasteiger charge is 2.38. The van der Waals surface area contributed by atoms with E-state index in [4.69, 9.17) is 19.8 Å². The number of H-pyrrole nitrogens is 1. The topological polar surface area (TPSA) is 172 Å². The van der Waals surface area contributed by atoms with E-state index in [9.17, 15) is 45.4 Å². The lowest BCUT2D eigenvalue weighted by Gasteiger charge is -2.23. The first-order valence-corrected chi connectivity index (χ1v) is 15.7. The van der Waals surface area contributed by atoms with Crippen molar-refractivity contribution in [3.63, 3.8) is 0 Å². The number of rotatable bonds is 13. The summed E-state index contributed by atoms with van der Waals surface area (Å²) in [6.45, 7) is 10.5. The molecule has 0 aliphatic rings. The average molecular weight is 745 g/mol. The number of nitrogens with zero attached hydrogens (tertiary/aromatic N) is 1. The fourth-order valence-electron chi connectivity index (χ4n) is 3.88. The number of phenolic OH excluding ortho intramolecular Hbond substituents is 1. The third kappa shape index (κ3) is 18.0. The van der Waals surface area contributed by atoms with Crippen LogP contribution in [0.2, 0.25) is 0 Å². The largest absolute Gasteiger partial charge is 0.506 e. The van der Waals surface area contributed by atoms with Crippen LogP contribution in [-0.2, 0) is 27.2 Å². The van der Waals surface area contributed by atoms with Gasteiger partial charge in [0.15, 0.2) is 0 Å². The Morgan fingerprint density at radius 3 is 2.02 bits per heavy atom. The quantitative estimate of drug-likeness (QED) is 0.105. The number of benzene rings is 2. The van der Waals surface area contributed by atoms with E-state index in [1.54, 1.807) is 18.2 Å². The molecule has 6 N–H and O–H groups in total. The molecule has 0 saturated heterocycles. The molecule has 0 fully saturated rings. The van der Waals surface area contributed by atoms with Crippen molar-refractivity contribution in [3.8, 4) is 5.75 Å². The minimum absolute atomic E-state index is 0.0375. The molecule has 0 saturated carbocycles. The second-order valence-electron chi connectivity index (χ2n) is 11.9. The van der Waals surface area contributed by atoms with Crippen LogP contribution in [0.4, 0.5) is 30.7 Å². The number of hydrogen-bond donors (Lipinski definition) is 6. The van der Waals surface area contributed by atoms with E-state index in [1.807, 2.05) is 12.1 Å². The second kappa shape index (κ2) is 19.8. The number of carbonyl (C=O) groups excluding carboxylic acids is 1. The Kier molecular flexibility index (Phi) is 17.4. The zero-order valence-corrected chi connectivity index (χ0v) is 28.1. The number of phenols is 1. The van der Waals surface area contributed by atoms with Gasteiger partial charge in [0.25, 0.3) is 0 Å². The molecule has 2 aromatic carbocycles. The number of hydrogen-bond acceptors (Lipinski definition) is 8. The highest BCUT2D eigenvalue weighted by atomic mass is 32.1. The van der Waals surface area contributed by atoms with Gasteiger partial charge in [-0.3, -0.25) is 9.59 Å². The Bertz CT molecular complexity index is 1580. The molecule has 3 rings (SSSR count). The maximum absolute atomic E-state index is 13.6. The van der Waals surface area contributed by atoms with Gasteiger partial charge in [-0.05, 0) is 54.1 Å². The molecule has 19 heteroatoms. The van der Waals surface area contributed by atoms with Gasteiger partial charge in [-0.1, -0.05) is 50.3 Å². The van der Waals surface area contributed by atoms with Crippen LogP contribution in [0.25, 0.3) is 10.2 Å². The zero-order chi connectivity index (χ0) is 38.3. The second-order valence-corrected chi connectivity index (χ2v) is 12.9. The number of halogens is 7. The number of aromatic nitrogens is 1. The molecule has 0 bridgehead atoms. The summed E-state index contributed by atoms with van der Waals surface area (Å²) in [5.41, 5.74) is 2.48. The van der Waals surface area contributed by atoms with E-state index in [0.717, 1.165) is 59.8 Å². The molecular formula is C31H39F7N4O7S. The summed E-state index contributed by atoms with van der Waals surface area (Å²) >= 11 is 1.11. The van der Waals surface area contributed by atoms with Crippen LogP contribution in [0.1, 0.15) is 38.3 Å². The Balaban J connectivity index is 0.000000748. The summed E-state index contributed by atoms with van der Waals surface area (Å²) in [5.74, 6) is -5.63. The molecule has 1 aromatic heterocycles. The molecule has 0 spiro atoms. The van der Waals surface area contributed by atoms with Crippen molar-refractivity contribution < 1.29 is 60.4 Å². The summed E-state index contributed by atoms with van der Waals surface area (Å²) in [4.78, 5) is 46.6. The van der Waals surface area contributed by atoms with Gasteiger partial charge in [-0.2, -0.15) is 26.3 Å². The molecular weight excluding hydrogens is 705 g/mol. The lowest BCUT2D eigenvalue weighted by atomic mass is 9.97. The highest BCUT2D eigenvalue weighted by Crippen LogP contribution is 2.27. The molecule has 1 heterocycles. The Morgan fingerprint density at radius 1 is 0.880 bits per heavy atom. The normalized spacial score (nSPS) is 11.7. The molecule has 0 unspecified atom stereocenters. The number of aromatic amines is 1. The first-order chi connectivity index (χ1) is 23.0. The molecule has 11 nitrogen and oxygen atoms in total. The van der Waals surface area contributed by atoms with Crippen molar-refractivity contribution in [2.24, 2.45) is 5.41 Å². The van der Waals surface area contributed by atoms with E-state index in [1.165, 1.54) is 6.07 Å². The van der Waals surface area contributed by atoms with Gasteiger partial charge in [0.05, 0.1) is 4.70 Å². The fraction of sp³-hybridized carbons (Fsp3) is 0.484. The van der Waals surface area contributed by atoms with Crippen LogP contribution >= 0.6 is 11.3 Å². The molecule has 1 amide bonds. The first kappa shape index (κ1) is 43.8. The number of alkyl halides is 6. The van der Waals surface area contributed by atoms with Gasteiger partial charge in [0.1, 0.15) is 17.1 Å². The van der Waals surface area contributed by atoms with Crippen molar-refractivity contribution >= 4 is 39.4 Å².